The number of amides is 5. The topological polar surface area (TPSA) is 355 Å². The van der Waals surface area contributed by atoms with Gasteiger partial charge >= 0.3 is 30.5 Å². The number of carbonyl (C=O) groups excluding carboxylic acids is 5. The van der Waals surface area contributed by atoms with Crippen LogP contribution in [0.4, 0.5) is 35.6 Å². The van der Waals surface area contributed by atoms with E-state index in [1.807, 2.05) is 156 Å². The average molecular weight is 1640 g/mol. The lowest BCUT2D eigenvalue weighted by molar-refractivity contribution is 0.0261. The lowest BCUT2D eigenvalue weighted by atomic mass is 10.0. The van der Waals surface area contributed by atoms with Gasteiger partial charge < -0.3 is 83.4 Å². The maximum Gasteiger partial charge on any atom is 0.410 e. The van der Waals surface area contributed by atoms with E-state index in [4.69, 9.17) is 39.5 Å². The quantitative estimate of drug-likeness (QED) is 0.0563. The van der Waals surface area contributed by atoms with Crippen molar-refractivity contribution in [2.24, 2.45) is 59.2 Å². The summed E-state index contributed by atoms with van der Waals surface area (Å²) in [5.41, 5.74) is 0.346. The normalized spacial score (nSPS) is 27.3. The van der Waals surface area contributed by atoms with Crippen molar-refractivity contribution >= 4 is 96.9 Å². The maximum absolute atomic E-state index is 12.3. The van der Waals surface area contributed by atoms with E-state index in [0.717, 1.165) is 142 Å². The molecule has 5 unspecified atom stereocenters. The van der Waals surface area contributed by atoms with Gasteiger partial charge in [-0.3, -0.25) is 4.18 Å². The van der Waals surface area contributed by atoms with Gasteiger partial charge in [0.2, 0.25) is 0 Å². The number of aliphatic hydroxyl groups excluding tert-OH is 1. The van der Waals surface area contributed by atoms with Crippen LogP contribution in [0.15, 0.2) is 55.8 Å². The molecule has 5 aliphatic carbocycles. The van der Waals surface area contributed by atoms with Crippen LogP contribution in [0.3, 0.4) is 0 Å². The summed E-state index contributed by atoms with van der Waals surface area (Å²) in [6.07, 6.45) is 19.7. The van der Waals surface area contributed by atoms with Crippen LogP contribution < -0.4 is 15.1 Å². The molecule has 15 atom stereocenters. The van der Waals surface area contributed by atoms with E-state index in [0.29, 0.717) is 108 Å². The molecule has 5 amide bonds. The van der Waals surface area contributed by atoms with Crippen molar-refractivity contribution in [3.8, 4) is 0 Å². The summed E-state index contributed by atoms with van der Waals surface area (Å²) >= 11 is 5.73. The molecule has 636 valence electrons. The highest BCUT2D eigenvalue weighted by molar-refractivity contribution is 7.86. The number of fused-ring (bicyclic) bond motifs is 8. The zero-order valence-corrected chi connectivity index (χ0v) is 72.4. The highest BCUT2D eigenvalue weighted by Crippen LogP contribution is 2.46. The first-order valence-corrected chi connectivity index (χ1v) is 43.1. The van der Waals surface area contributed by atoms with Crippen LogP contribution in [0, 0.1) is 59.2 Å². The smallest absolute Gasteiger partial charge is 0.410 e. The fraction of sp³-hybridized carbons (Fsp3) is 0.720. The van der Waals surface area contributed by atoms with Gasteiger partial charge in [-0.05, 0) is 252 Å². The van der Waals surface area contributed by atoms with Gasteiger partial charge in [0.15, 0.2) is 0 Å². The molecule has 5 N–H and O–H groups in total. The van der Waals surface area contributed by atoms with Gasteiger partial charge in [-0.2, -0.15) is 8.42 Å². The first-order chi connectivity index (χ1) is 53.8. The van der Waals surface area contributed by atoms with Crippen LogP contribution in [0.5, 0.6) is 0 Å². The molecule has 115 heavy (non-hydrogen) atoms. The number of aliphatic hydroxyl groups is 1. The first kappa shape index (κ1) is 87.8. The fourth-order valence-electron chi connectivity index (χ4n) is 18.4. The van der Waals surface area contributed by atoms with E-state index in [9.17, 15) is 37.5 Å². The summed E-state index contributed by atoms with van der Waals surface area (Å²) < 4.78 is 54.5. The molecule has 5 aliphatic heterocycles. The molecule has 31 nitrogen and oxygen atoms in total. The Kier molecular flexibility index (Phi) is 27.2. The molecule has 0 radical (unpaired) electrons. The molecule has 5 saturated carbocycles. The number of nitrogens with zero attached hydrogens (tertiary/aromatic N) is 13. The molecule has 6 aromatic rings. The van der Waals surface area contributed by atoms with Gasteiger partial charge in [-0.1, -0.05) is 11.6 Å². The van der Waals surface area contributed by atoms with Crippen molar-refractivity contribution in [1.29, 1.82) is 0 Å². The van der Waals surface area contributed by atoms with Crippen LogP contribution in [-0.2, 0) is 38.0 Å². The molecule has 10 aliphatic rings. The predicted octanol–water partition coefficient (Wildman–Crippen LogP) is 12.8. The molecule has 11 heterocycles. The highest BCUT2D eigenvalue weighted by Gasteiger charge is 2.49. The van der Waals surface area contributed by atoms with Crippen LogP contribution in [0.2, 0.25) is 5.15 Å². The van der Waals surface area contributed by atoms with Crippen LogP contribution in [0.1, 0.15) is 168 Å². The van der Waals surface area contributed by atoms with Crippen molar-refractivity contribution in [3.05, 3.63) is 60.9 Å². The van der Waals surface area contributed by atoms with Gasteiger partial charge in [-0.15, -0.1) is 0 Å². The molecule has 0 aromatic carbocycles. The van der Waals surface area contributed by atoms with E-state index in [2.05, 4.69) is 74.1 Å². The third kappa shape index (κ3) is 23.7. The second kappa shape index (κ2) is 35.6. The van der Waals surface area contributed by atoms with E-state index in [-0.39, 0.29) is 48.3 Å². The second-order valence-electron chi connectivity index (χ2n) is 38.3. The molecule has 0 spiro atoms. The molecule has 16 rings (SSSR count). The Morgan fingerprint density at radius 3 is 0.965 bits per heavy atom. The highest BCUT2D eigenvalue weighted by atomic mass is 35.5. The number of carbonyl (C=O) groups is 5. The van der Waals surface area contributed by atoms with Gasteiger partial charge in [0.1, 0.15) is 80.7 Å². The van der Waals surface area contributed by atoms with Crippen LogP contribution in [-0.4, -0.2) is 265 Å². The van der Waals surface area contributed by atoms with Gasteiger partial charge in [-0.25, -0.2) is 53.9 Å². The zero-order valence-electron chi connectivity index (χ0n) is 70.9. The first-order valence-electron chi connectivity index (χ1n) is 40.9. The Bertz CT molecular complexity index is 4230. The standard InChI is InChI=1S/2C19H27N5O2.C13H24N2O2.C13H23NO5S.C12H21NO3.C6H4ClN3/c2*1-19(2,3)26-18(25)24-9-12-7-14(8-13(12)10-24)23(4)17-15-5-6-20-16(15)21-11-22-17;1-13(2,3)17-12(16)15-7-9-5-11(14-4)6-10(9)8-15;1-13(2,3)18-12(15)14-7-9-5-11(6-10(9)8-14)19-20(4,16)17;1-12(2,3)16-11(15)13-6-8-4-10(14)5-9(8)7-13;7-5-4-1-2-8-6(4)10-3-9-5/h2*5-6,11-14H,7-10H2,1-4H3,(H,20,21,22);9-11,14H,5-8H2,1-4H3;9-11H,5-8H2,1-4H3;8-10,14H,4-7H2,1-3H3;1-3H,(H,8,9,10)/t2*12-,13+,14?;2*9-,10+,11?;8-,9+,10?;. The summed E-state index contributed by atoms with van der Waals surface area (Å²) in [6.45, 7) is 36.1. The number of nitrogens with one attached hydrogen (secondary N) is 4. The minimum Gasteiger partial charge on any atom is -0.444 e. The minimum absolute atomic E-state index is 0.145. The molecule has 6 aromatic heterocycles. The Hall–Kier alpha value is -8.07. The molecule has 33 heteroatoms. The van der Waals surface area contributed by atoms with Gasteiger partial charge in [0.25, 0.3) is 10.1 Å². The maximum atomic E-state index is 12.3. The average Bonchev–Trinajstić information content (AvgIpc) is 1.64. The van der Waals surface area contributed by atoms with Crippen molar-refractivity contribution in [3.63, 3.8) is 0 Å². The van der Waals surface area contributed by atoms with E-state index in [1.54, 1.807) is 28.7 Å². The largest absolute Gasteiger partial charge is 0.444 e. The third-order valence-corrected chi connectivity index (χ3v) is 24.3. The molecule has 5 saturated heterocycles. The number of hydrogen-bond acceptors (Lipinski definition) is 23. The lowest BCUT2D eigenvalue weighted by Gasteiger charge is -2.28. The number of H-pyrrole nitrogens is 3. The number of ether oxygens (including phenoxy) is 5. The summed E-state index contributed by atoms with van der Waals surface area (Å²) in [4.78, 5) is 109. The monoisotopic (exact) mass is 1640 g/mol. The Morgan fingerprint density at radius 2 is 0.687 bits per heavy atom. The number of rotatable bonds is 7. The molecule has 0 bridgehead atoms. The zero-order chi connectivity index (χ0) is 83.6. The summed E-state index contributed by atoms with van der Waals surface area (Å²) in [5.74, 6) is 7.03. The third-order valence-electron chi connectivity index (χ3n) is 23.3. The number of halogens is 1. The van der Waals surface area contributed by atoms with E-state index < -0.39 is 32.5 Å². The SMILES string of the molecule is CC(C)(C)OC(=O)N1C[C@H]2CC(O)C[C@H]2C1.CC(C)(C)OC(=O)N1C[C@H]2CC(OS(C)(=O)=O)C[C@H]2C1.CN(c1ncnc2[nH]ccc12)C1C[C@@H]2CN(C(=O)OC(C)(C)C)C[C@@H]2C1.CN(c1ncnc2[nH]ccc12)C1C[C@@H]2CN(C(=O)OC(C)(C)C)C[C@@H]2C1.CNC1C[C@@H]2CN(C(=O)OC(C)(C)C)C[C@@H]2C1.Clc1ncnc2[nH]ccc12. The Labute approximate surface area is 682 Å². The van der Waals surface area contributed by atoms with Gasteiger partial charge in [0, 0.05) is 116 Å². The van der Waals surface area contributed by atoms with Crippen molar-refractivity contribution in [2.45, 2.75) is 226 Å². The molecule has 10 fully saturated rings. The van der Waals surface area contributed by atoms with E-state index in [1.165, 1.54) is 19.2 Å². The Balaban J connectivity index is 0.000000139. The number of anilines is 2. The predicted molar refractivity (Wildman–Crippen MR) is 440 cm³/mol. The van der Waals surface area contributed by atoms with Crippen molar-refractivity contribution in [2.75, 3.05) is 103 Å². The number of aromatic amines is 3. The number of likely N-dealkylation sites (tertiary alicyclic amines) is 5. The summed E-state index contributed by atoms with van der Waals surface area (Å²) in [7, 11) is 2.86. The Morgan fingerprint density at radius 1 is 0.426 bits per heavy atom. The molecular formula is C82H126ClN17O14S. The van der Waals surface area contributed by atoms with Crippen LogP contribution in [0.25, 0.3) is 33.1 Å². The number of aromatic nitrogens is 9. The summed E-state index contributed by atoms with van der Waals surface area (Å²) in [5, 5.41) is 16.3. The van der Waals surface area contributed by atoms with Crippen LogP contribution >= 0.6 is 11.6 Å². The lowest BCUT2D eigenvalue weighted by Crippen LogP contribution is -2.37. The van der Waals surface area contributed by atoms with E-state index >= 15 is 0 Å². The second-order valence-corrected chi connectivity index (χ2v) is 40.2. The molecular weight excluding hydrogens is 1510 g/mol. The summed E-state index contributed by atoms with van der Waals surface area (Å²) in [6, 6.07) is 7.43. The number of hydrogen-bond donors (Lipinski definition) is 5. The van der Waals surface area contributed by atoms with Gasteiger partial charge in [0.05, 0.1) is 34.6 Å². The minimum atomic E-state index is -3.40. The van der Waals surface area contributed by atoms with Crippen molar-refractivity contribution < 1.29 is 65.4 Å². The fourth-order valence-corrected chi connectivity index (χ4v) is 19.2. The van der Waals surface area contributed by atoms with Crippen molar-refractivity contribution in [1.82, 2.24) is 74.7 Å².